The van der Waals surface area contributed by atoms with E-state index in [1.165, 1.54) is 11.0 Å². The number of hydrogen-bond donors (Lipinski definition) is 2. The van der Waals surface area contributed by atoms with Crippen molar-refractivity contribution in [1.29, 1.82) is 0 Å². The minimum Gasteiger partial charge on any atom is -0.508 e. The van der Waals surface area contributed by atoms with Crippen LogP contribution in [0.5, 0.6) is 5.75 Å². The molecule has 9 nitrogen and oxygen atoms in total. The molecule has 4 amide bonds. The van der Waals surface area contributed by atoms with E-state index in [9.17, 15) is 29.4 Å². The summed E-state index contributed by atoms with van der Waals surface area (Å²) in [5.41, 5.74) is 0.593. The van der Waals surface area contributed by atoms with E-state index in [1.54, 1.807) is 54.6 Å². The standard InChI is InChI=1S/C35H29ClN2O7/c36-20-9-6-10-21(17-20)38-32(43)26-18-25-22(13-14-24-29(25)33(44)37(31(24)42)16-15-28(40)41)30(23-11-4-5-12-27(23)39)35(26,34(38)45)19-7-2-1-3-8-19/h1-13,17,24-26,29-30,39H,14-16,18H2,(H,40,41). The van der Waals surface area contributed by atoms with E-state index in [1.807, 2.05) is 24.3 Å². The Kier molecular flexibility index (Phi) is 6.89. The molecule has 2 heterocycles. The fourth-order valence-electron chi connectivity index (χ4n) is 8.31. The Morgan fingerprint density at radius 2 is 1.62 bits per heavy atom. The third-order valence-electron chi connectivity index (χ3n) is 10.1. The molecule has 228 valence electrons. The van der Waals surface area contributed by atoms with Crippen molar-refractivity contribution in [2.24, 2.45) is 23.7 Å². The molecule has 2 aliphatic carbocycles. The van der Waals surface area contributed by atoms with Gasteiger partial charge >= 0.3 is 5.97 Å². The van der Waals surface area contributed by atoms with Crippen LogP contribution in [0.25, 0.3) is 0 Å². The fraction of sp³-hybridized carbons (Fsp3) is 0.286. The lowest BCUT2D eigenvalue weighted by atomic mass is 9.49. The Labute approximate surface area is 263 Å². The van der Waals surface area contributed by atoms with Crippen molar-refractivity contribution in [3.05, 3.63) is 107 Å². The second-order valence-corrected chi connectivity index (χ2v) is 12.6. The van der Waals surface area contributed by atoms with Gasteiger partial charge in [-0.15, -0.1) is 0 Å². The maximum Gasteiger partial charge on any atom is 0.305 e. The van der Waals surface area contributed by atoms with Gasteiger partial charge in [-0.1, -0.05) is 77.8 Å². The molecule has 2 saturated heterocycles. The largest absolute Gasteiger partial charge is 0.508 e. The average Bonchev–Trinajstić information content (AvgIpc) is 3.41. The first-order valence-corrected chi connectivity index (χ1v) is 15.3. The van der Waals surface area contributed by atoms with Gasteiger partial charge in [0.15, 0.2) is 0 Å². The number of phenols is 1. The number of aromatic hydroxyl groups is 1. The SMILES string of the molecule is O=C(O)CCN1C(=O)C2CC=C3C(CC4C(=O)N(c5cccc(Cl)c5)C(=O)C4(c4ccccc4)C3c3ccccc3O)C2C1=O. The number of likely N-dealkylation sites (tertiary alicyclic amines) is 1. The van der Waals surface area contributed by atoms with E-state index in [4.69, 9.17) is 11.6 Å². The molecule has 2 N–H and O–H groups in total. The van der Waals surface area contributed by atoms with Crippen LogP contribution in [0.1, 0.15) is 36.3 Å². The number of hydrogen-bond acceptors (Lipinski definition) is 6. The first kappa shape index (κ1) is 29.0. The van der Waals surface area contributed by atoms with Gasteiger partial charge in [0, 0.05) is 23.0 Å². The van der Waals surface area contributed by atoms with Gasteiger partial charge in [-0.3, -0.25) is 28.9 Å². The number of carbonyl (C=O) groups is 5. The second kappa shape index (κ2) is 10.7. The number of benzene rings is 3. The maximum absolute atomic E-state index is 15.1. The van der Waals surface area contributed by atoms with Crippen LogP contribution in [0.3, 0.4) is 0 Å². The van der Waals surface area contributed by atoms with Crippen LogP contribution in [-0.2, 0) is 29.4 Å². The lowest BCUT2D eigenvalue weighted by molar-refractivity contribution is -0.142. The smallest absolute Gasteiger partial charge is 0.305 e. The molecule has 0 bridgehead atoms. The highest BCUT2D eigenvalue weighted by Gasteiger charge is 2.70. The van der Waals surface area contributed by atoms with Crippen molar-refractivity contribution < 1.29 is 34.2 Å². The van der Waals surface area contributed by atoms with Crippen LogP contribution in [0.15, 0.2) is 90.5 Å². The lowest BCUT2D eigenvalue weighted by Crippen LogP contribution is -2.53. The first-order chi connectivity index (χ1) is 21.7. The number of para-hydroxylation sites is 1. The van der Waals surface area contributed by atoms with Crippen LogP contribution in [0.2, 0.25) is 5.02 Å². The Morgan fingerprint density at radius 1 is 0.889 bits per heavy atom. The minimum atomic E-state index is -1.48. The summed E-state index contributed by atoms with van der Waals surface area (Å²) >= 11 is 6.32. The highest BCUT2D eigenvalue weighted by molar-refractivity contribution is 6.32. The van der Waals surface area contributed by atoms with E-state index in [0.29, 0.717) is 27.4 Å². The first-order valence-electron chi connectivity index (χ1n) is 14.9. The number of anilines is 1. The molecule has 7 rings (SSSR count). The molecule has 45 heavy (non-hydrogen) atoms. The number of carboxylic acid groups (broad SMARTS) is 1. The van der Waals surface area contributed by atoms with Crippen LogP contribution in [0, 0.1) is 23.7 Å². The minimum absolute atomic E-state index is 0.0569. The quantitative estimate of drug-likeness (QED) is 0.301. The molecule has 4 aliphatic rings. The maximum atomic E-state index is 15.1. The molecule has 0 aromatic heterocycles. The zero-order chi connectivity index (χ0) is 31.6. The third-order valence-corrected chi connectivity index (χ3v) is 10.3. The predicted molar refractivity (Wildman–Crippen MR) is 163 cm³/mol. The van der Waals surface area contributed by atoms with Gasteiger partial charge in [-0.25, -0.2) is 4.90 Å². The molecule has 6 unspecified atom stereocenters. The Balaban J connectivity index is 1.46. The molecule has 0 radical (unpaired) electrons. The summed E-state index contributed by atoms with van der Waals surface area (Å²) in [5, 5.41) is 20.9. The van der Waals surface area contributed by atoms with Crippen molar-refractivity contribution in [3.8, 4) is 5.75 Å². The van der Waals surface area contributed by atoms with Crippen molar-refractivity contribution in [1.82, 2.24) is 4.90 Å². The summed E-state index contributed by atoms with van der Waals surface area (Å²) in [4.78, 5) is 70.5. The molecular formula is C35H29ClN2O7. The van der Waals surface area contributed by atoms with Gasteiger partial charge in [-0.05, 0) is 48.6 Å². The summed E-state index contributed by atoms with van der Waals surface area (Å²) < 4.78 is 0. The predicted octanol–water partition coefficient (Wildman–Crippen LogP) is 4.68. The third kappa shape index (κ3) is 4.17. The molecule has 0 spiro atoms. The molecule has 3 aromatic carbocycles. The summed E-state index contributed by atoms with van der Waals surface area (Å²) in [5.74, 6) is -6.90. The number of carboxylic acids is 1. The summed E-state index contributed by atoms with van der Waals surface area (Å²) in [6, 6.07) is 22.3. The van der Waals surface area contributed by atoms with Gasteiger partial charge in [0.1, 0.15) is 5.75 Å². The summed E-state index contributed by atoms with van der Waals surface area (Å²) in [6.07, 6.45) is 1.85. The number of halogens is 1. The Bertz CT molecular complexity index is 1810. The van der Waals surface area contributed by atoms with E-state index in [2.05, 4.69) is 0 Å². The molecular weight excluding hydrogens is 596 g/mol. The number of rotatable bonds is 6. The topological polar surface area (TPSA) is 132 Å². The molecule has 2 aliphatic heterocycles. The van der Waals surface area contributed by atoms with Crippen molar-refractivity contribution >= 4 is 46.9 Å². The van der Waals surface area contributed by atoms with Crippen molar-refractivity contribution in [3.63, 3.8) is 0 Å². The lowest BCUT2D eigenvalue weighted by Gasteiger charge is -2.50. The van der Waals surface area contributed by atoms with Crippen LogP contribution >= 0.6 is 11.6 Å². The number of allylic oxidation sites excluding steroid dienone is 2. The zero-order valence-electron chi connectivity index (χ0n) is 24.0. The normalized spacial score (nSPS) is 28.9. The van der Waals surface area contributed by atoms with Gasteiger partial charge < -0.3 is 10.2 Å². The monoisotopic (exact) mass is 624 g/mol. The highest BCUT2D eigenvalue weighted by atomic mass is 35.5. The fourth-order valence-corrected chi connectivity index (χ4v) is 8.50. The number of phenolic OH excluding ortho intramolecular Hbond substituents is 1. The van der Waals surface area contributed by atoms with Crippen LogP contribution in [0.4, 0.5) is 5.69 Å². The van der Waals surface area contributed by atoms with Gasteiger partial charge in [-0.2, -0.15) is 0 Å². The average molecular weight is 625 g/mol. The number of carbonyl (C=O) groups excluding carboxylic acids is 4. The number of aliphatic carboxylic acids is 1. The van der Waals surface area contributed by atoms with Gasteiger partial charge in [0.05, 0.1) is 35.3 Å². The zero-order valence-corrected chi connectivity index (χ0v) is 24.8. The van der Waals surface area contributed by atoms with Crippen LogP contribution < -0.4 is 4.90 Å². The molecule has 3 fully saturated rings. The van der Waals surface area contributed by atoms with Gasteiger partial charge in [0.2, 0.25) is 23.6 Å². The van der Waals surface area contributed by atoms with Gasteiger partial charge in [0.25, 0.3) is 0 Å². The molecule has 1 saturated carbocycles. The number of nitrogens with zero attached hydrogens (tertiary/aromatic N) is 2. The second-order valence-electron chi connectivity index (χ2n) is 12.1. The van der Waals surface area contributed by atoms with E-state index < -0.39 is 64.6 Å². The number of amides is 4. The number of imide groups is 2. The Morgan fingerprint density at radius 3 is 2.33 bits per heavy atom. The molecule has 10 heteroatoms. The highest BCUT2D eigenvalue weighted by Crippen LogP contribution is 2.65. The van der Waals surface area contributed by atoms with E-state index >= 15 is 4.79 Å². The Hall–Kier alpha value is -4.76. The summed E-state index contributed by atoms with van der Waals surface area (Å²) in [6.45, 7) is -0.234. The van der Waals surface area contributed by atoms with E-state index in [-0.39, 0.29) is 31.6 Å². The van der Waals surface area contributed by atoms with Crippen LogP contribution in [-0.4, -0.2) is 51.3 Å². The summed E-state index contributed by atoms with van der Waals surface area (Å²) in [7, 11) is 0. The van der Waals surface area contributed by atoms with Crippen molar-refractivity contribution in [2.75, 3.05) is 11.4 Å². The van der Waals surface area contributed by atoms with Crippen molar-refractivity contribution in [2.45, 2.75) is 30.6 Å². The van der Waals surface area contributed by atoms with E-state index in [0.717, 1.165) is 4.90 Å². The number of fused-ring (bicyclic) bond motifs is 4. The molecule has 6 atom stereocenters. The molecule has 3 aromatic rings.